The van der Waals surface area contributed by atoms with Crippen LogP contribution in [-0.2, 0) is 6.61 Å². The number of aromatic nitrogens is 2. The molecule has 4 nitrogen and oxygen atoms in total. The minimum atomic E-state index is 0.393. The van der Waals surface area contributed by atoms with Crippen LogP contribution >= 0.6 is 11.6 Å². The number of methoxy groups -OCH3 is 1. The van der Waals surface area contributed by atoms with E-state index >= 15 is 0 Å². The summed E-state index contributed by atoms with van der Waals surface area (Å²) in [6.45, 7) is 2.39. The van der Waals surface area contributed by atoms with Crippen molar-refractivity contribution >= 4 is 11.6 Å². The molecule has 118 valence electrons. The topological polar surface area (TPSA) is 36.3 Å². The minimum absolute atomic E-state index is 0.393. The van der Waals surface area contributed by atoms with Gasteiger partial charge in [-0.3, -0.25) is 0 Å². The smallest absolute Gasteiger partial charge is 0.138 e. The maximum absolute atomic E-state index is 6.33. The molecule has 0 saturated carbocycles. The molecule has 3 rings (SSSR count). The molecule has 0 atom stereocenters. The molecule has 0 aliphatic heterocycles. The Kier molecular flexibility index (Phi) is 4.53. The molecule has 0 spiro atoms. The fourth-order valence-corrected chi connectivity index (χ4v) is 2.51. The number of hydrogen-bond donors (Lipinski definition) is 0. The summed E-state index contributed by atoms with van der Waals surface area (Å²) in [7, 11) is 1.65. The van der Waals surface area contributed by atoms with Gasteiger partial charge in [-0.1, -0.05) is 29.8 Å². The number of aryl methyl sites for hydroxylation is 1. The van der Waals surface area contributed by atoms with Crippen molar-refractivity contribution in [2.24, 2.45) is 0 Å². The van der Waals surface area contributed by atoms with Crippen molar-refractivity contribution in [2.45, 2.75) is 13.5 Å². The lowest BCUT2D eigenvalue weighted by atomic mass is 10.2. The van der Waals surface area contributed by atoms with Gasteiger partial charge in [0.25, 0.3) is 0 Å². The average molecular weight is 329 g/mol. The molecule has 0 unspecified atom stereocenters. The van der Waals surface area contributed by atoms with E-state index in [1.165, 1.54) is 0 Å². The number of hydrogen-bond acceptors (Lipinski definition) is 3. The first kappa shape index (κ1) is 15.4. The van der Waals surface area contributed by atoms with Gasteiger partial charge >= 0.3 is 0 Å². The predicted molar refractivity (Wildman–Crippen MR) is 90.6 cm³/mol. The average Bonchev–Trinajstić information content (AvgIpc) is 3.00. The van der Waals surface area contributed by atoms with Crippen LogP contribution in [-0.4, -0.2) is 16.9 Å². The van der Waals surface area contributed by atoms with Gasteiger partial charge in [0, 0.05) is 11.8 Å². The molecule has 1 aromatic heterocycles. The Hall–Kier alpha value is -2.46. The number of rotatable bonds is 5. The number of ether oxygens (including phenoxy) is 2. The molecule has 23 heavy (non-hydrogen) atoms. The van der Waals surface area contributed by atoms with E-state index in [1.807, 2.05) is 55.6 Å². The van der Waals surface area contributed by atoms with Gasteiger partial charge in [0.2, 0.25) is 0 Å². The number of halogens is 1. The van der Waals surface area contributed by atoms with Crippen molar-refractivity contribution in [1.82, 2.24) is 9.78 Å². The molecule has 0 fully saturated rings. The summed E-state index contributed by atoms with van der Waals surface area (Å²) >= 11 is 6.33. The molecule has 0 amide bonds. The van der Waals surface area contributed by atoms with Crippen molar-refractivity contribution < 1.29 is 9.47 Å². The van der Waals surface area contributed by atoms with Gasteiger partial charge in [-0.25, -0.2) is 4.68 Å². The third kappa shape index (κ3) is 3.48. The highest BCUT2D eigenvalue weighted by Crippen LogP contribution is 2.28. The maximum atomic E-state index is 6.33. The van der Waals surface area contributed by atoms with E-state index in [2.05, 4.69) is 5.10 Å². The zero-order valence-electron chi connectivity index (χ0n) is 13.0. The van der Waals surface area contributed by atoms with Crippen LogP contribution in [0.2, 0.25) is 5.02 Å². The number of para-hydroxylation sites is 1. The second-order valence-electron chi connectivity index (χ2n) is 5.18. The fraction of sp³-hybridized carbons (Fsp3) is 0.167. The van der Waals surface area contributed by atoms with Crippen molar-refractivity contribution in [1.29, 1.82) is 0 Å². The van der Waals surface area contributed by atoms with Gasteiger partial charge in [0.1, 0.15) is 18.1 Å². The van der Waals surface area contributed by atoms with Crippen LogP contribution in [0.5, 0.6) is 11.5 Å². The molecule has 2 aromatic carbocycles. The molecular formula is C18H17ClN2O2. The Labute approximate surface area is 140 Å². The SMILES string of the molecule is COc1ccccc1COc1ccc(-n2cc(C)cn2)cc1Cl. The lowest BCUT2D eigenvalue weighted by Gasteiger charge is -2.12. The quantitative estimate of drug-likeness (QED) is 0.695. The highest BCUT2D eigenvalue weighted by Gasteiger charge is 2.08. The first-order valence-corrected chi connectivity index (χ1v) is 7.61. The Bertz CT molecular complexity index is 814. The summed E-state index contributed by atoms with van der Waals surface area (Å²) in [5.74, 6) is 1.43. The van der Waals surface area contributed by atoms with E-state index in [0.717, 1.165) is 22.6 Å². The molecule has 5 heteroatoms. The number of nitrogens with zero attached hydrogens (tertiary/aromatic N) is 2. The van der Waals surface area contributed by atoms with E-state index in [4.69, 9.17) is 21.1 Å². The standard InChI is InChI=1S/C18H17ClN2O2/c1-13-10-20-21(11-13)15-7-8-18(16(19)9-15)23-12-14-5-3-4-6-17(14)22-2/h3-11H,12H2,1-2H3. The molecule has 0 saturated heterocycles. The van der Waals surface area contributed by atoms with E-state index < -0.39 is 0 Å². The Morgan fingerprint density at radius 1 is 1.13 bits per heavy atom. The third-order valence-electron chi connectivity index (χ3n) is 3.47. The van der Waals surface area contributed by atoms with Gasteiger partial charge in [-0.05, 0) is 36.8 Å². The molecule has 0 aliphatic rings. The number of benzene rings is 2. The van der Waals surface area contributed by atoms with Crippen LogP contribution in [0.3, 0.4) is 0 Å². The predicted octanol–water partition coefficient (Wildman–Crippen LogP) is 4.42. The lowest BCUT2D eigenvalue weighted by Crippen LogP contribution is -2.00. The van der Waals surface area contributed by atoms with Gasteiger partial charge < -0.3 is 9.47 Å². The molecular weight excluding hydrogens is 312 g/mol. The van der Waals surface area contributed by atoms with E-state index in [-0.39, 0.29) is 0 Å². The molecule has 3 aromatic rings. The molecule has 0 radical (unpaired) electrons. The summed E-state index contributed by atoms with van der Waals surface area (Å²) in [4.78, 5) is 0. The highest BCUT2D eigenvalue weighted by atomic mass is 35.5. The van der Waals surface area contributed by atoms with Crippen molar-refractivity contribution in [3.05, 3.63) is 71.0 Å². The second-order valence-corrected chi connectivity index (χ2v) is 5.58. The Morgan fingerprint density at radius 2 is 1.96 bits per heavy atom. The third-order valence-corrected chi connectivity index (χ3v) is 3.76. The normalized spacial score (nSPS) is 10.6. The summed E-state index contributed by atoms with van der Waals surface area (Å²) in [5.41, 5.74) is 2.96. The zero-order valence-corrected chi connectivity index (χ0v) is 13.7. The molecule has 0 bridgehead atoms. The van der Waals surface area contributed by atoms with Crippen molar-refractivity contribution in [3.8, 4) is 17.2 Å². The van der Waals surface area contributed by atoms with E-state index in [0.29, 0.717) is 17.4 Å². The van der Waals surface area contributed by atoms with Crippen LogP contribution in [0, 0.1) is 6.92 Å². The Balaban J connectivity index is 1.76. The first-order valence-electron chi connectivity index (χ1n) is 7.23. The fourth-order valence-electron chi connectivity index (χ4n) is 2.28. The van der Waals surface area contributed by atoms with Crippen LogP contribution in [0.4, 0.5) is 0 Å². The summed E-state index contributed by atoms with van der Waals surface area (Å²) in [6.07, 6.45) is 3.75. The van der Waals surface area contributed by atoms with Gasteiger partial charge in [0.15, 0.2) is 0 Å². The van der Waals surface area contributed by atoms with Gasteiger partial charge in [-0.15, -0.1) is 0 Å². The first-order chi connectivity index (χ1) is 11.2. The maximum Gasteiger partial charge on any atom is 0.138 e. The summed E-state index contributed by atoms with van der Waals surface area (Å²) in [5, 5.41) is 4.82. The summed E-state index contributed by atoms with van der Waals surface area (Å²) in [6, 6.07) is 13.4. The monoisotopic (exact) mass is 328 g/mol. The van der Waals surface area contributed by atoms with Gasteiger partial charge in [0.05, 0.1) is 24.0 Å². The van der Waals surface area contributed by atoms with E-state index in [9.17, 15) is 0 Å². The van der Waals surface area contributed by atoms with Crippen molar-refractivity contribution in [2.75, 3.05) is 7.11 Å². The zero-order chi connectivity index (χ0) is 16.2. The summed E-state index contributed by atoms with van der Waals surface area (Å²) < 4.78 is 12.9. The van der Waals surface area contributed by atoms with Crippen LogP contribution in [0.1, 0.15) is 11.1 Å². The second kappa shape index (κ2) is 6.75. The minimum Gasteiger partial charge on any atom is -0.496 e. The largest absolute Gasteiger partial charge is 0.496 e. The molecule has 0 aliphatic carbocycles. The highest BCUT2D eigenvalue weighted by molar-refractivity contribution is 6.32. The Morgan fingerprint density at radius 3 is 2.65 bits per heavy atom. The van der Waals surface area contributed by atoms with Crippen LogP contribution in [0.15, 0.2) is 54.9 Å². The lowest BCUT2D eigenvalue weighted by molar-refractivity contribution is 0.297. The van der Waals surface area contributed by atoms with Crippen LogP contribution in [0.25, 0.3) is 5.69 Å². The van der Waals surface area contributed by atoms with Crippen LogP contribution < -0.4 is 9.47 Å². The van der Waals surface area contributed by atoms with Gasteiger partial charge in [-0.2, -0.15) is 5.10 Å². The molecule has 0 N–H and O–H groups in total. The molecule has 1 heterocycles. The van der Waals surface area contributed by atoms with Crippen molar-refractivity contribution in [3.63, 3.8) is 0 Å². The van der Waals surface area contributed by atoms with E-state index in [1.54, 1.807) is 18.0 Å².